The number of aromatic nitrogens is 1. The predicted molar refractivity (Wildman–Crippen MR) is 100 cm³/mol. The highest BCUT2D eigenvalue weighted by Crippen LogP contribution is 2.18. The SMILES string of the molecule is c1ccc(CN(Cc2ccccc2)n2ccc3ccccc32)cc1. The second-order valence-electron chi connectivity index (χ2n) is 6.01. The summed E-state index contributed by atoms with van der Waals surface area (Å²) in [7, 11) is 0. The number of para-hydroxylation sites is 1. The minimum atomic E-state index is 0.869. The lowest BCUT2D eigenvalue weighted by Gasteiger charge is -2.27. The Morgan fingerprint density at radius 2 is 1.12 bits per heavy atom. The van der Waals surface area contributed by atoms with Crippen molar-refractivity contribution < 1.29 is 0 Å². The average Bonchev–Trinajstić information content (AvgIpc) is 3.07. The molecule has 0 unspecified atom stereocenters. The molecule has 0 aliphatic carbocycles. The summed E-state index contributed by atoms with van der Waals surface area (Å²) in [6, 6.07) is 32.0. The van der Waals surface area contributed by atoms with Crippen LogP contribution in [0.3, 0.4) is 0 Å². The van der Waals surface area contributed by atoms with Gasteiger partial charge in [-0.1, -0.05) is 78.9 Å². The first-order chi connectivity index (χ1) is 11.9. The van der Waals surface area contributed by atoms with Crippen LogP contribution in [0.25, 0.3) is 10.9 Å². The predicted octanol–water partition coefficient (Wildman–Crippen LogP) is 4.98. The van der Waals surface area contributed by atoms with Crippen molar-refractivity contribution >= 4 is 10.9 Å². The smallest absolute Gasteiger partial charge is 0.0694 e. The summed E-state index contributed by atoms with van der Waals surface area (Å²) in [4.78, 5) is 0. The zero-order valence-electron chi connectivity index (χ0n) is 13.5. The van der Waals surface area contributed by atoms with Gasteiger partial charge in [0.05, 0.1) is 18.6 Å². The number of hydrogen-bond acceptors (Lipinski definition) is 1. The van der Waals surface area contributed by atoms with E-state index in [9.17, 15) is 0 Å². The van der Waals surface area contributed by atoms with Gasteiger partial charge in [-0.2, -0.15) is 0 Å². The van der Waals surface area contributed by atoms with Crippen LogP contribution in [0.5, 0.6) is 0 Å². The van der Waals surface area contributed by atoms with Gasteiger partial charge in [0, 0.05) is 11.6 Å². The summed E-state index contributed by atoms with van der Waals surface area (Å²) in [6.07, 6.45) is 2.16. The molecule has 1 heterocycles. The van der Waals surface area contributed by atoms with Gasteiger partial charge in [-0.15, -0.1) is 0 Å². The van der Waals surface area contributed by atoms with Crippen LogP contribution in [0.1, 0.15) is 11.1 Å². The molecule has 4 aromatic rings. The highest BCUT2D eigenvalue weighted by molar-refractivity contribution is 5.80. The molecule has 4 rings (SSSR count). The first kappa shape index (κ1) is 14.6. The molecule has 0 amide bonds. The van der Waals surface area contributed by atoms with Crippen molar-refractivity contribution in [2.24, 2.45) is 0 Å². The fourth-order valence-electron chi connectivity index (χ4n) is 3.11. The lowest BCUT2D eigenvalue weighted by atomic mass is 10.2. The molecule has 0 spiro atoms. The Labute approximate surface area is 142 Å². The van der Waals surface area contributed by atoms with E-state index in [0.29, 0.717) is 0 Å². The molecule has 118 valence electrons. The highest BCUT2D eigenvalue weighted by atomic mass is 15.5. The Balaban J connectivity index is 1.72. The second kappa shape index (κ2) is 6.63. The van der Waals surface area contributed by atoms with E-state index in [-0.39, 0.29) is 0 Å². The quantitative estimate of drug-likeness (QED) is 0.504. The molecule has 0 radical (unpaired) electrons. The van der Waals surface area contributed by atoms with Crippen LogP contribution in [0.15, 0.2) is 97.2 Å². The fraction of sp³-hybridized carbons (Fsp3) is 0.0909. The topological polar surface area (TPSA) is 8.17 Å². The van der Waals surface area contributed by atoms with E-state index < -0.39 is 0 Å². The standard InChI is InChI=1S/C22H20N2/c1-3-9-19(10-4-1)17-23(18-20-11-5-2-6-12-20)24-16-15-21-13-7-8-14-22(21)24/h1-16H,17-18H2. The molecule has 3 aromatic carbocycles. The van der Waals surface area contributed by atoms with Crippen molar-refractivity contribution in [2.75, 3.05) is 5.01 Å². The van der Waals surface area contributed by atoms with Gasteiger partial charge >= 0.3 is 0 Å². The minimum absolute atomic E-state index is 0.869. The van der Waals surface area contributed by atoms with Crippen LogP contribution in [0, 0.1) is 0 Å². The number of fused-ring (bicyclic) bond motifs is 1. The first-order valence-electron chi connectivity index (χ1n) is 8.29. The van der Waals surface area contributed by atoms with Gasteiger partial charge in [-0.05, 0) is 23.3 Å². The van der Waals surface area contributed by atoms with Crippen LogP contribution >= 0.6 is 0 Å². The van der Waals surface area contributed by atoms with Crippen LogP contribution < -0.4 is 5.01 Å². The van der Waals surface area contributed by atoms with Gasteiger partial charge in [0.2, 0.25) is 0 Å². The number of nitrogens with zero attached hydrogens (tertiary/aromatic N) is 2. The van der Waals surface area contributed by atoms with Crippen LogP contribution in [-0.4, -0.2) is 4.68 Å². The Bertz CT molecular complexity index is 869. The van der Waals surface area contributed by atoms with E-state index in [1.165, 1.54) is 22.0 Å². The highest BCUT2D eigenvalue weighted by Gasteiger charge is 2.10. The third kappa shape index (κ3) is 3.04. The molecule has 0 saturated heterocycles. The molecular weight excluding hydrogens is 292 g/mol. The molecule has 0 atom stereocenters. The fourth-order valence-corrected chi connectivity index (χ4v) is 3.11. The lowest BCUT2D eigenvalue weighted by molar-refractivity contribution is 0.594. The summed E-state index contributed by atoms with van der Waals surface area (Å²) in [5, 5.41) is 3.65. The molecule has 0 N–H and O–H groups in total. The van der Waals surface area contributed by atoms with Crippen LogP contribution in [0.4, 0.5) is 0 Å². The molecule has 24 heavy (non-hydrogen) atoms. The monoisotopic (exact) mass is 312 g/mol. The van der Waals surface area contributed by atoms with Crippen molar-refractivity contribution in [2.45, 2.75) is 13.1 Å². The lowest BCUT2D eigenvalue weighted by Crippen LogP contribution is -2.32. The maximum Gasteiger partial charge on any atom is 0.0694 e. The van der Waals surface area contributed by atoms with E-state index in [1.54, 1.807) is 0 Å². The van der Waals surface area contributed by atoms with E-state index in [2.05, 4.69) is 107 Å². The third-order valence-electron chi connectivity index (χ3n) is 4.30. The van der Waals surface area contributed by atoms with E-state index in [0.717, 1.165) is 13.1 Å². The van der Waals surface area contributed by atoms with Gasteiger partial charge < -0.3 is 5.01 Å². The zero-order chi connectivity index (χ0) is 16.2. The van der Waals surface area contributed by atoms with Gasteiger partial charge in [-0.25, -0.2) is 0 Å². The van der Waals surface area contributed by atoms with E-state index in [1.807, 2.05) is 0 Å². The van der Waals surface area contributed by atoms with Crippen molar-refractivity contribution in [3.63, 3.8) is 0 Å². The molecule has 0 aliphatic rings. The van der Waals surface area contributed by atoms with Crippen molar-refractivity contribution in [3.05, 3.63) is 108 Å². The molecule has 2 heteroatoms. The van der Waals surface area contributed by atoms with Gasteiger partial charge in [-0.3, -0.25) is 4.68 Å². The first-order valence-corrected chi connectivity index (χ1v) is 8.29. The van der Waals surface area contributed by atoms with Crippen molar-refractivity contribution in [1.29, 1.82) is 0 Å². The largest absolute Gasteiger partial charge is 0.304 e. The Morgan fingerprint density at radius 3 is 1.75 bits per heavy atom. The van der Waals surface area contributed by atoms with Gasteiger partial charge in [0.15, 0.2) is 0 Å². The molecular formula is C22H20N2. The normalized spacial score (nSPS) is 10.8. The van der Waals surface area contributed by atoms with E-state index in [4.69, 9.17) is 0 Å². The summed E-state index contributed by atoms with van der Waals surface area (Å²) in [6.45, 7) is 1.74. The summed E-state index contributed by atoms with van der Waals surface area (Å²) in [5.74, 6) is 0. The molecule has 1 aromatic heterocycles. The summed E-state index contributed by atoms with van der Waals surface area (Å²) >= 11 is 0. The Kier molecular flexibility index (Phi) is 4.03. The van der Waals surface area contributed by atoms with Crippen LogP contribution in [0.2, 0.25) is 0 Å². The zero-order valence-corrected chi connectivity index (χ0v) is 13.5. The van der Waals surface area contributed by atoms with Crippen LogP contribution in [-0.2, 0) is 13.1 Å². The molecule has 0 aliphatic heterocycles. The number of hydrogen-bond donors (Lipinski definition) is 0. The number of rotatable bonds is 5. The molecule has 0 saturated carbocycles. The van der Waals surface area contributed by atoms with Gasteiger partial charge in [0.1, 0.15) is 0 Å². The third-order valence-corrected chi connectivity index (χ3v) is 4.30. The Hall–Kier alpha value is -3.00. The number of benzene rings is 3. The average molecular weight is 312 g/mol. The Morgan fingerprint density at radius 1 is 0.583 bits per heavy atom. The second-order valence-corrected chi connectivity index (χ2v) is 6.01. The van der Waals surface area contributed by atoms with Crippen molar-refractivity contribution in [3.8, 4) is 0 Å². The summed E-state index contributed by atoms with van der Waals surface area (Å²) in [5.41, 5.74) is 3.86. The maximum atomic E-state index is 2.38. The molecule has 0 fully saturated rings. The van der Waals surface area contributed by atoms with Gasteiger partial charge in [0.25, 0.3) is 0 Å². The molecule has 0 bridgehead atoms. The summed E-state index contributed by atoms with van der Waals surface area (Å²) < 4.78 is 2.27. The minimum Gasteiger partial charge on any atom is -0.304 e. The van der Waals surface area contributed by atoms with Crippen molar-refractivity contribution in [1.82, 2.24) is 4.68 Å². The van der Waals surface area contributed by atoms with E-state index >= 15 is 0 Å². The maximum absolute atomic E-state index is 2.38. The molecule has 2 nitrogen and oxygen atoms in total.